The summed E-state index contributed by atoms with van der Waals surface area (Å²) in [5.74, 6) is -0.254. The maximum atomic E-state index is 12.1. The van der Waals surface area contributed by atoms with Gasteiger partial charge in [0.1, 0.15) is 0 Å². The van der Waals surface area contributed by atoms with E-state index in [0.717, 1.165) is 21.9 Å². The van der Waals surface area contributed by atoms with Crippen LogP contribution in [0.25, 0.3) is 10.8 Å². The highest BCUT2D eigenvalue weighted by atomic mass is 16.2. The van der Waals surface area contributed by atoms with Crippen LogP contribution in [0.3, 0.4) is 0 Å². The van der Waals surface area contributed by atoms with Crippen LogP contribution in [-0.4, -0.2) is 11.9 Å². The van der Waals surface area contributed by atoms with Gasteiger partial charge in [-0.15, -0.1) is 0 Å². The Bertz CT molecular complexity index is 718. The number of fused-ring (bicyclic) bond motifs is 1. The summed E-state index contributed by atoms with van der Waals surface area (Å²) in [7, 11) is 0. The van der Waals surface area contributed by atoms with Gasteiger partial charge in [-0.25, -0.2) is 4.79 Å². The second-order valence-corrected chi connectivity index (χ2v) is 4.81. The topological polar surface area (TPSA) is 58.2 Å². The molecule has 88 valence electrons. The molecule has 1 heterocycles. The number of nitrogens with one attached hydrogen (secondary N) is 2. The van der Waals surface area contributed by atoms with Crippen molar-refractivity contribution in [1.82, 2.24) is 10.6 Å². The van der Waals surface area contributed by atoms with E-state index in [1.54, 1.807) is 0 Å². The van der Waals surface area contributed by atoms with E-state index in [-0.39, 0.29) is 5.91 Å². The fourth-order valence-electron chi connectivity index (χ4n) is 3.11. The van der Waals surface area contributed by atoms with Gasteiger partial charge >= 0.3 is 6.03 Å². The molecule has 18 heavy (non-hydrogen) atoms. The molecule has 4 nitrogen and oxygen atoms in total. The summed E-state index contributed by atoms with van der Waals surface area (Å²) >= 11 is 0. The lowest BCUT2D eigenvalue weighted by Gasteiger charge is -2.21. The molecular formula is C14H10N2O2. The first-order chi connectivity index (χ1) is 8.71. The lowest BCUT2D eigenvalue weighted by Crippen LogP contribution is -2.43. The molecule has 3 amide bonds. The highest BCUT2D eigenvalue weighted by Crippen LogP contribution is 2.42. The minimum absolute atomic E-state index is 0.254. The third-order valence-corrected chi connectivity index (χ3v) is 3.85. The summed E-state index contributed by atoms with van der Waals surface area (Å²) in [5.41, 5.74) is 1.11. The molecule has 0 unspecified atom stereocenters. The Morgan fingerprint density at radius 1 is 1.06 bits per heavy atom. The molecule has 0 bridgehead atoms. The molecule has 2 N–H and O–H groups in total. The fourth-order valence-corrected chi connectivity index (χ4v) is 3.11. The maximum absolute atomic E-state index is 12.1. The molecule has 1 aliphatic heterocycles. The smallest absolute Gasteiger partial charge is 0.319 e. The standard InChI is InChI=1S/C14H10N2O2/c17-12-14(16-13(18)15-12)7-9-5-1-3-8-4-2-6-10(14)11(8)9/h1-6H,7H2,(H2,15,16,17,18)/t14-/m1/s1. The number of imide groups is 1. The average molecular weight is 238 g/mol. The van der Waals surface area contributed by atoms with Gasteiger partial charge in [0.05, 0.1) is 0 Å². The van der Waals surface area contributed by atoms with Crippen LogP contribution < -0.4 is 10.6 Å². The van der Waals surface area contributed by atoms with Crippen molar-refractivity contribution in [3.63, 3.8) is 0 Å². The summed E-state index contributed by atoms with van der Waals surface area (Å²) < 4.78 is 0. The van der Waals surface area contributed by atoms with Crippen LogP contribution in [0.15, 0.2) is 36.4 Å². The quantitative estimate of drug-likeness (QED) is 0.682. The highest BCUT2D eigenvalue weighted by Gasteiger charge is 2.51. The van der Waals surface area contributed by atoms with Gasteiger partial charge in [0.2, 0.25) is 0 Å². The number of carbonyl (C=O) groups excluding carboxylic acids is 2. The molecule has 2 aromatic rings. The van der Waals surface area contributed by atoms with Gasteiger partial charge in [0.25, 0.3) is 5.91 Å². The Morgan fingerprint density at radius 3 is 2.56 bits per heavy atom. The van der Waals surface area contributed by atoms with Crippen molar-refractivity contribution < 1.29 is 9.59 Å². The van der Waals surface area contributed by atoms with Crippen molar-refractivity contribution in [2.24, 2.45) is 0 Å². The van der Waals surface area contributed by atoms with Gasteiger partial charge in [0, 0.05) is 6.42 Å². The minimum atomic E-state index is -0.902. The van der Waals surface area contributed by atoms with E-state index in [1.165, 1.54) is 0 Å². The molecule has 1 atom stereocenters. The molecule has 2 aromatic carbocycles. The monoisotopic (exact) mass is 238 g/mol. The highest BCUT2D eigenvalue weighted by molar-refractivity contribution is 6.11. The molecular weight excluding hydrogens is 228 g/mol. The van der Waals surface area contributed by atoms with E-state index >= 15 is 0 Å². The SMILES string of the molecule is O=C1NC(=O)[C@]2(Cc3cccc4cccc2c34)N1. The van der Waals surface area contributed by atoms with Gasteiger partial charge in [0.15, 0.2) is 5.54 Å². The second-order valence-electron chi connectivity index (χ2n) is 4.81. The fraction of sp³-hybridized carbons (Fsp3) is 0.143. The number of rotatable bonds is 0. The molecule has 0 saturated carbocycles. The van der Waals surface area contributed by atoms with Crippen LogP contribution in [0.1, 0.15) is 11.1 Å². The molecule has 4 rings (SSSR count). The summed E-state index contributed by atoms with van der Waals surface area (Å²) in [6.45, 7) is 0. The largest absolute Gasteiger partial charge is 0.322 e. The zero-order valence-corrected chi connectivity index (χ0v) is 9.49. The van der Waals surface area contributed by atoms with E-state index in [4.69, 9.17) is 0 Å². The Balaban J connectivity index is 2.08. The normalized spacial score (nSPS) is 24.7. The molecule has 0 aromatic heterocycles. The predicted octanol–water partition coefficient (Wildman–Crippen LogP) is 1.43. The zero-order valence-electron chi connectivity index (χ0n) is 9.49. The van der Waals surface area contributed by atoms with Crippen LogP contribution in [0.2, 0.25) is 0 Å². The number of hydrogen-bond acceptors (Lipinski definition) is 2. The van der Waals surface area contributed by atoms with Crippen LogP contribution in [-0.2, 0) is 16.8 Å². The number of urea groups is 1. The van der Waals surface area contributed by atoms with Crippen molar-refractivity contribution in [3.05, 3.63) is 47.5 Å². The Kier molecular flexibility index (Phi) is 1.56. The van der Waals surface area contributed by atoms with Gasteiger partial charge in [-0.1, -0.05) is 36.4 Å². The minimum Gasteiger partial charge on any atom is -0.319 e. The molecule has 1 spiro atoms. The number of benzene rings is 2. The first-order valence-corrected chi connectivity index (χ1v) is 5.85. The molecule has 1 fully saturated rings. The molecule has 2 aliphatic rings. The molecule has 4 heteroatoms. The molecule has 1 aliphatic carbocycles. The van der Waals surface area contributed by atoms with E-state index in [2.05, 4.69) is 10.6 Å². The summed E-state index contributed by atoms with van der Waals surface area (Å²) in [5, 5.41) is 7.33. The second kappa shape index (κ2) is 2.90. The maximum Gasteiger partial charge on any atom is 0.322 e. The lowest BCUT2D eigenvalue weighted by molar-refractivity contribution is -0.124. The van der Waals surface area contributed by atoms with E-state index in [0.29, 0.717) is 6.42 Å². The van der Waals surface area contributed by atoms with Gasteiger partial charge in [-0.3, -0.25) is 10.1 Å². The third-order valence-electron chi connectivity index (χ3n) is 3.85. The van der Waals surface area contributed by atoms with Gasteiger partial charge in [-0.05, 0) is 21.9 Å². The van der Waals surface area contributed by atoms with Crippen molar-refractivity contribution in [2.75, 3.05) is 0 Å². The number of amides is 3. The van der Waals surface area contributed by atoms with E-state index in [1.807, 2.05) is 36.4 Å². The molecule has 0 radical (unpaired) electrons. The van der Waals surface area contributed by atoms with Gasteiger partial charge in [-0.2, -0.15) is 0 Å². The third kappa shape index (κ3) is 0.960. The van der Waals surface area contributed by atoms with Crippen molar-refractivity contribution >= 4 is 22.7 Å². The van der Waals surface area contributed by atoms with E-state index in [9.17, 15) is 9.59 Å². The zero-order chi connectivity index (χ0) is 12.3. The van der Waals surface area contributed by atoms with Crippen molar-refractivity contribution in [1.29, 1.82) is 0 Å². The van der Waals surface area contributed by atoms with Crippen LogP contribution in [0.4, 0.5) is 4.79 Å². The Morgan fingerprint density at radius 2 is 1.83 bits per heavy atom. The van der Waals surface area contributed by atoms with Crippen molar-refractivity contribution in [3.8, 4) is 0 Å². The predicted molar refractivity (Wildman–Crippen MR) is 66.0 cm³/mol. The van der Waals surface area contributed by atoms with Crippen LogP contribution >= 0.6 is 0 Å². The van der Waals surface area contributed by atoms with Crippen molar-refractivity contribution in [2.45, 2.75) is 12.0 Å². The van der Waals surface area contributed by atoms with Crippen LogP contribution in [0.5, 0.6) is 0 Å². The average Bonchev–Trinajstić information content (AvgIpc) is 2.82. The summed E-state index contributed by atoms with van der Waals surface area (Å²) in [4.78, 5) is 23.6. The van der Waals surface area contributed by atoms with E-state index < -0.39 is 11.6 Å². The Hall–Kier alpha value is -2.36. The first-order valence-electron chi connectivity index (χ1n) is 5.85. The van der Waals surface area contributed by atoms with Crippen LogP contribution in [0, 0.1) is 0 Å². The number of carbonyl (C=O) groups is 2. The Labute approximate surface area is 103 Å². The first kappa shape index (κ1) is 9.65. The van der Waals surface area contributed by atoms with Gasteiger partial charge < -0.3 is 5.32 Å². The lowest BCUT2D eigenvalue weighted by atomic mass is 9.91. The summed E-state index contributed by atoms with van der Waals surface area (Å²) in [6, 6.07) is 11.5. The number of hydrogen-bond donors (Lipinski definition) is 2. The summed E-state index contributed by atoms with van der Waals surface area (Å²) in [6.07, 6.45) is 0.529. The molecule has 1 saturated heterocycles.